The molecule has 0 saturated heterocycles. The molecule has 0 radical (unpaired) electrons. The van der Waals surface area contributed by atoms with Crippen molar-refractivity contribution in [1.29, 1.82) is 0 Å². The summed E-state index contributed by atoms with van der Waals surface area (Å²) in [5, 5.41) is 5.03. The Bertz CT molecular complexity index is 872. The van der Waals surface area contributed by atoms with Gasteiger partial charge in [0.1, 0.15) is 17.1 Å². The minimum absolute atomic E-state index is 0.104. The average Bonchev–Trinajstić information content (AvgIpc) is 3.13. The molecule has 0 spiro atoms. The Morgan fingerprint density at radius 1 is 1.20 bits per heavy atom. The molecular formula is C20H24N2O3. The largest absolute Gasteiger partial charge is 0.461 e. The SMILES string of the molecule is CCc1oc2ccccc2c1CN(C)C(=O)CCc1c(C)noc1C. The van der Waals surface area contributed by atoms with Gasteiger partial charge in [-0.25, -0.2) is 0 Å². The van der Waals surface area contributed by atoms with E-state index in [9.17, 15) is 4.79 Å². The lowest BCUT2D eigenvalue weighted by Crippen LogP contribution is -2.26. The Kier molecular flexibility index (Phi) is 4.93. The minimum atomic E-state index is 0.104. The van der Waals surface area contributed by atoms with Crippen LogP contribution in [0.2, 0.25) is 0 Å². The molecule has 1 amide bonds. The Morgan fingerprint density at radius 3 is 2.64 bits per heavy atom. The highest BCUT2D eigenvalue weighted by Gasteiger charge is 2.18. The summed E-state index contributed by atoms with van der Waals surface area (Å²) < 4.78 is 11.1. The summed E-state index contributed by atoms with van der Waals surface area (Å²) >= 11 is 0. The van der Waals surface area contributed by atoms with Crippen LogP contribution >= 0.6 is 0 Å². The third-order valence-electron chi connectivity index (χ3n) is 4.69. The third-order valence-corrected chi connectivity index (χ3v) is 4.69. The number of fused-ring (bicyclic) bond motifs is 1. The summed E-state index contributed by atoms with van der Waals surface area (Å²) in [6.45, 7) is 6.42. The molecule has 25 heavy (non-hydrogen) atoms. The van der Waals surface area contributed by atoms with Gasteiger partial charge in [-0.1, -0.05) is 30.3 Å². The topological polar surface area (TPSA) is 59.5 Å². The van der Waals surface area contributed by atoms with E-state index >= 15 is 0 Å². The number of aromatic nitrogens is 1. The molecule has 132 valence electrons. The Hall–Kier alpha value is -2.56. The van der Waals surface area contributed by atoms with E-state index in [1.807, 2.05) is 39.1 Å². The van der Waals surface area contributed by atoms with Gasteiger partial charge in [0.2, 0.25) is 5.91 Å². The number of para-hydroxylation sites is 1. The molecular weight excluding hydrogens is 316 g/mol. The first-order chi connectivity index (χ1) is 12.0. The van der Waals surface area contributed by atoms with Gasteiger partial charge in [0.15, 0.2) is 0 Å². The normalized spacial score (nSPS) is 11.2. The van der Waals surface area contributed by atoms with E-state index < -0.39 is 0 Å². The quantitative estimate of drug-likeness (QED) is 0.675. The first kappa shape index (κ1) is 17.3. The number of nitrogens with zero attached hydrogens (tertiary/aromatic N) is 2. The van der Waals surface area contributed by atoms with Crippen LogP contribution in [0.15, 0.2) is 33.2 Å². The lowest BCUT2D eigenvalue weighted by Gasteiger charge is -2.17. The van der Waals surface area contributed by atoms with Crippen molar-refractivity contribution in [3.63, 3.8) is 0 Å². The van der Waals surface area contributed by atoms with Gasteiger partial charge in [-0.15, -0.1) is 0 Å². The van der Waals surface area contributed by atoms with E-state index in [4.69, 9.17) is 8.94 Å². The Morgan fingerprint density at radius 2 is 1.96 bits per heavy atom. The number of hydrogen-bond donors (Lipinski definition) is 0. The maximum Gasteiger partial charge on any atom is 0.222 e. The Balaban J connectivity index is 1.71. The number of aryl methyl sites for hydroxylation is 3. The van der Waals surface area contributed by atoms with Crippen LogP contribution in [0.4, 0.5) is 0 Å². The molecule has 3 rings (SSSR count). The van der Waals surface area contributed by atoms with Gasteiger partial charge in [-0.2, -0.15) is 0 Å². The van der Waals surface area contributed by atoms with Crippen molar-refractivity contribution >= 4 is 16.9 Å². The van der Waals surface area contributed by atoms with Crippen LogP contribution in [-0.4, -0.2) is 23.0 Å². The van der Waals surface area contributed by atoms with Crippen molar-refractivity contribution in [2.75, 3.05) is 7.05 Å². The van der Waals surface area contributed by atoms with Crippen molar-refractivity contribution in [3.8, 4) is 0 Å². The molecule has 3 aromatic rings. The molecule has 0 aliphatic rings. The van der Waals surface area contributed by atoms with Gasteiger partial charge in [0.25, 0.3) is 0 Å². The van der Waals surface area contributed by atoms with Gasteiger partial charge < -0.3 is 13.8 Å². The molecule has 5 heteroatoms. The fraction of sp³-hybridized carbons (Fsp3) is 0.400. The molecule has 0 aliphatic carbocycles. The number of amides is 1. The summed E-state index contributed by atoms with van der Waals surface area (Å²) in [5.74, 6) is 1.85. The third kappa shape index (κ3) is 3.45. The smallest absolute Gasteiger partial charge is 0.222 e. The second-order valence-corrected chi connectivity index (χ2v) is 6.41. The summed E-state index contributed by atoms with van der Waals surface area (Å²) in [6.07, 6.45) is 1.90. The van der Waals surface area contributed by atoms with Crippen molar-refractivity contribution in [1.82, 2.24) is 10.1 Å². The second-order valence-electron chi connectivity index (χ2n) is 6.41. The number of furan rings is 1. The molecule has 0 saturated carbocycles. The predicted octanol–water partition coefficient (Wildman–Crippen LogP) is 4.19. The highest BCUT2D eigenvalue weighted by Crippen LogP contribution is 2.27. The summed E-state index contributed by atoms with van der Waals surface area (Å²) in [6, 6.07) is 7.99. The molecule has 2 heterocycles. The van der Waals surface area contributed by atoms with E-state index in [1.165, 1.54) is 0 Å². The molecule has 0 N–H and O–H groups in total. The standard InChI is InChI=1S/C20H24N2O3/c1-5-18-17(16-8-6-7-9-19(16)24-18)12-22(4)20(23)11-10-15-13(2)21-25-14(15)3/h6-9H,5,10-12H2,1-4H3. The van der Waals surface area contributed by atoms with Crippen molar-refractivity contribution in [3.05, 3.63) is 52.6 Å². The molecule has 5 nitrogen and oxygen atoms in total. The van der Waals surface area contributed by atoms with Gasteiger partial charge in [-0.3, -0.25) is 4.79 Å². The van der Waals surface area contributed by atoms with E-state index in [2.05, 4.69) is 18.1 Å². The van der Waals surface area contributed by atoms with Crippen LogP contribution < -0.4 is 0 Å². The van der Waals surface area contributed by atoms with Crippen LogP contribution in [0.5, 0.6) is 0 Å². The number of carbonyl (C=O) groups excluding carboxylic acids is 1. The zero-order valence-corrected chi connectivity index (χ0v) is 15.3. The van der Waals surface area contributed by atoms with Crippen molar-refractivity contribution < 1.29 is 13.7 Å². The van der Waals surface area contributed by atoms with E-state index in [0.717, 1.165) is 45.7 Å². The number of benzene rings is 1. The van der Waals surface area contributed by atoms with Crippen LogP contribution in [0.3, 0.4) is 0 Å². The molecule has 0 fully saturated rings. The fourth-order valence-electron chi connectivity index (χ4n) is 3.22. The minimum Gasteiger partial charge on any atom is -0.461 e. The second kappa shape index (κ2) is 7.13. The van der Waals surface area contributed by atoms with E-state index in [-0.39, 0.29) is 5.91 Å². The van der Waals surface area contributed by atoms with Crippen LogP contribution in [-0.2, 0) is 24.2 Å². The summed E-state index contributed by atoms with van der Waals surface area (Å²) in [5.41, 5.74) is 3.88. The zero-order chi connectivity index (χ0) is 18.0. The van der Waals surface area contributed by atoms with Crippen molar-refractivity contribution in [2.24, 2.45) is 0 Å². The predicted molar refractivity (Wildman–Crippen MR) is 96.4 cm³/mol. The maximum absolute atomic E-state index is 12.6. The first-order valence-corrected chi connectivity index (χ1v) is 8.66. The van der Waals surface area contributed by atoms with Crippen LogP contribution in [0.25, 0.3) is 11.0 Å². The molecule has 0 bridgehead atoms. The summed E-state index contributed by atoms with van der Waals surface area (Å²) in [7, 11) is 1.84. The van der Waals surface area contributed by atoms with Crippen LogP contribution in [0, 0.1) is 13.8 Å². The highest BCUT2D eigenvalue weighted by molar-refractivity contribution is 5.83. The number of hydrogen-bond acceptors (Lipinski definition) is 4. The van der Waals surface area contributed by atoms with Crippen LogP contribution in [0.1, 0.15) is 41.7 Å². The molecule has 0 atom stereocenters. The number of rotatable bonds is 6. The van der Waals surface area contributed by atoms with Gasteiger partial charge in [0, 0.05) is 42.9 Å². The molecule has 2 aromatic heterocycles. The summed E-state index contributed by atoms with van der Waals surface area (Å²) in [4.78, 5) is 14.3. The lowest BCUT2D eigenvalue weighted by molar-refractivity contribution is -0.130. The fourth-order valence-corrected chi connectivity index (χ4v) is 3.22. The van der Waals surface area contributed by atoms with Gasteiger partial charge >= 0.3 is 0 Å². The number of carbonyl (C=O) groups is 1. The lowest BCUT2D eigenvalue weighted by atomic mass is 10.1. The van der Waals surface area contributed by atoms with E-state index in [0.29, 0.717) is 19.4 Å². The monoisotopic (exact) mass is 340 g/mol. The average molecular weight is 340 g/mol. The molecule has 0 unspecified atom stereocenters. The van der Waals surface area contributed by atoms with Crippen molar-refractivity contribution in [2.45, 2.75) is 46.6 Å². The zero-order valence-electron chi connectivity index (χ0n) is 15.3. The highest BCUT2D eigenvalue weighted by atomic mass is 16.5. The molecule has 0 aliphatic heterocycles. The van der Waals surface area contributed by atoms with E-state index in [1.54, 1.807) is 4.90 Å². The van der Waals surface area contributed by atoms with Gasteiger partial charge in [-0.05, 0) is 26.3 Å². The maximum atomic E-state index is 12.6. The first-order valence-electron chi connectivity index (χ1n) is 8.66. The molecule has 1 aromatic carbocycles. The van der Waals surface area contributed by atoms with Gasteiger partial charge in [0.05, 0.1) is 5.69 Å². The Labute approximate surface area is 147 Å².